The first-order valence-corrected chi connectivity index (χ1v) is 20.9. The molecule has 5 heterocycles. The molecule has 0 spiro atoms. The minimum Gasteiger partial charge on any atom is -0.459 e. The van der Waals surface area contributed by atoms with E-state index < -0.39 is 77.7 Å². The number of carbonyl (C=O) groups excluding carboxylic acids is 3. The molecule has 16 heteroatoms. The smallest absolute Gasteiger partial charge is 0.311 e. The molecule has 326 valence electrons. The highest BCUT2D eigenvalue weighted by Crippen LogP contribution is 2.45. The molecule has 1 aromatic carbocycles. The molecule has 16 nitrogen and oxygen atoms in total. The van der Waals surface area contributed by atoms with Gasteiger partial charge in [-0.25, -0.2) is 9.67 Å². The van der Waals surface area contributed by atoms with Crippen LogP contribution < -0.4 is 0 Å². The van der Waals surface area contributed by atoms with E-state index in [0.29, 0.717) is 25.0 Å². The molecule has 14 atom stereocenters. The Morgan fingerprint density at radius 2 is 1.76 bits per heavy atom. The standard InChI is InChI=1S/C43H63N5O11/c1-12-34-43(9)38(50)26(4)35(59-43)24(2)18-42(8)39(58-41-37(56-29(7)49)33(47(10)11)17-25(3)55-41)27(5)36(28(6)40(51)57-34)52-20-31(21-53-42)46-54-19-30-13-15-32(16-14-30)48-23-44-22-45-48/h13-16,22-28,33-37,39,41H,12,17-21H2,1-11H3/b46-31+/t24-,25-,26?,27-,28-,33+,34-,35?,36+,37-,39-,41+,42-,43?/m1/s1. The van der Waals surface area contributed by atoms with Crippen LogP contribution in [0.3, 0.4) is 0 Å². The summed E-state index contributed by atoms with van der Waals surface area (Å²) in [5, 5.41) is 8.69. The normalized spacial score (nSPS) is 39.0. The van der Waals surface area contributed by atoms with Gasteiger partial charge in [-0.1, -0.05) is 45.0 Å². The predicted octanol–water partition coefficient (Wildman–Crippen LogP) is 4.69. The van der Waals surface area contributed by atoms with Crippen LogP contribution in [0.5, 0.6) is 0 Å². The van der Waals surface area contributed by atoms with Gasteiger partial charge in [-0.15, -0.1) is 0 Å². The number of aromatic nitrogens is 3. The van der Waals surface area contributed by atoms with Gasteiger partial charge in [0.15, 0.2) is 23.8 Å². The molecule has 0 N–H and O–H groups in total. The maximum absolute atomic E-state index is 14.3. The van der Waals surface area contributed by atoms with Crippen molar-refractivity contribution in [1.29, 1.82) is 0 Å². The van der Waals surface area contributed by atoms with E-state index in [-0.39, 0.29) is 43.7 Å². The summed E-state index contributed by atoms with van der Waals surface area (Å²) >= 11 is 0. The van der Waals surface area contributed by atoms with Crippen LogP contribution in [0.4, 0.5) is 0 Å². The Morgan fingerprint density at radius 1 is 1.03 bits per heavy atom. The summed E-state index contributed by atoms with van der Waals surface area (Å²) in [5.74, 6) is -3.19. The van der Waals surface area contributed by atoms with E-state index in [4.69, 9.17) is 38.0 Å². The zero-order valence-electron chi connectivity index (χ0n) is 36.4. The van der Waals surface area contributed by atoms with Crippen molar-refractivity contribution in [2.75, 3.05) is 27.3 Å². The third kappa shape index (κ3) is 9.57. The largest absolute Gasteiger partial charge is 0.459 e. The molecule has 3 unspecified atom stereocenters. The fraction of sp³-hybridized carbons (Fsp3) is 0.721. The maximum Gasteiger partial charge on any atom is 0.311 e. The number of fused-ring (bicyclic) bond motifs is 5. The Bertz CT molecular complexity index is 1790. The lowest BCUT2D eigenvalue weighted by atomic mass is 9.75. The lowest BCUT2D eigenvalue weighted by Gasteiger charge is -2.48. The minimum absolute atomic E-state index is 0.00214. The lowest BCUT2D eigenvalue weighted by molar-refractivity contribution is -0.305. The Morgan fingerprint density at radius 3 is 2.41 bits per heavy atom. The first-order chi connectivity index (χ1) is 27.9. The van der Waals surface area contributed by atoms with E-state index in [1.54, 1.807) is 24.9 Å². The van der Waals surface area contributed by atoms with Crippen molar-refractivity contribution < 1.29 is 52.4 Å². The van der Waals surface area contributed by atoms with Gasteiger partial charge in [0.1, 0.15) is 31.1 Å². The number of likely N-dealkylation sites (N-methyl/N-ethyl adjacent to an activating group) is 1. The van der Waals surface area contributed by atoms with Crippen molar-refractivity contribution in [3.63, 3.8) is 0 Å². The summed E-state index contributed by atoms with van der Waals surface area (Å²) in [5.41, 5.74) is -0.268. The Hall–Kier alpha value is -3.80. The molecule has 4 bridgehead atoms. The summed E-state index contributed by atoms with van der Waals surface area (Å²) < 4.78 is 47.9. The number of benzene rings is 1. The van der Waals surface area contributed by atoms with E-state index in [1.165, 1.54) is 13.3 Å². The third-order valence-corrected chi connectivity index (χ3v) is 12.7. The summed E-state index contributed by atoms with van der Waals surface area (Å²) in [6, 6.07) is 7.47. The molecule has 1 aromatic heterocycles. The first kappa shape index (κ1) is 44.7. The zero-order valence-corrected chi connectivity index (χ0v) is 36.4. The average Bonchev–Trinajstić information content (AvgIpc) is 3.82. The summed E-state index contributed by atoms with van der Waals surface area (Å²) in [4.78, 5) is 52.8. The molecule has 4 fully saturated rings. The second kappa shape index (κ2) is 18.4. The van der Waals surface area contributed by atoms with Gasteiger partial charge in [-0.05, 0) is 84.7 Å². The van der Waals surface area contributed by atoms with Crippen molar-refractivity contribution >= 4 is 23.4 Å². The first-order valence-electron chi connectivity index (χ1n) is 20.9. The monoisotopic (exact) mass is 825 g/mol. The Kier molecular flexibility index (Phi) is 14.0. The molecule has 2 aromatic rings. The van der Waals surface area contributed by atoms with Crippen molar-refractivity contribution in [1.82, 2.24) is 19.7 Å². The number of hydrogen-bond donors (Lipinski definition) is 0. The molecular formula is C43H63N5O11. The van der Waals surface area contributed by atoms with Crippen molar-refractivity contribution in [2.24, 2.45) is 28.8 Å². The van der Waals surface area contributed by atoms with E-state index in [9.17, 15) is 14.4 Å². The Balaban J connectivity index is 1.39. The van der Waals surface area contributed by atoms with Crippen LogP contribution in [-0.4, -0.2) is 131 Å². The van der Waals surface area contributed by atoms with E-state index >= 15 is 0 Å². The van der Waals surface area contributed by atoms with E-state index in [2.05, 4.69) is 15.2 Å². The number of cyclic esters (lactones) is 1. The van der Waals surface area contributed by atoms with Crippen LogP contribution in [0.25, 0.3) is 5.69 Å². The highest BCUT2D eigenvalue weighted by Gasteiger charge is 2.59. The molecule has 0 radical (unpaired) electrons. The molecule has 6 rings (SSSR count). The fourth-order valence-electron chi connectivity index (χ4n) is 9.54. The number of hydrogen-bond acceptors (Lipinski definition) is 15. The number of esters is 2. The van der Waals surface area contributed by atoms with Crippen molar-refractivity contribution in [3.8, 4) is 5.69 Å². The summed E-state index contributed by atoms with van der Waals surface area (Å²) in [6.07, 6.45) is -0.484. The number of carbonyl (C=O) groups is 3. The average molecular weight is 826 g/mol. The van der Waals surface area contributed by atoms with Gasteiger partial charge in [0.25, 0.3) is 0 Å². The number of ether oxygens (including phenoxy) is 7. The van der Waals surface area contributed by atoms with Crippen LogP contribution in [0.15, 0.2) is 42.1 Å². The number of Topliss-reactive ketones (excluding diaryl/α,β-unsaturated/α-hetero) is 1. The molecule has 59 heavy (non-hydrogen) atoms. The number of ketones is 1. The second-order valence-corrected chi connectivity index (χ2v) is 17.5. The predicted molar refractivity (Wildman–Crippen MR) is 214 cm³/mol. The maximum atomic E-state index is 14.3. The van der Waals surface area contributed by atoms with Crippen LogP contribution in [0.2, 0.25) is 0 Å². The number of nitrogens with zero attached hydrogens (tertiary/aromatic N) is 5. The van der Waals surface area contributed by atoms with Crippen LogP contribution in [-0.2, 0) is 59.0 Å². The topological polar surface area (TPSA) is 171 Å². The zero-order chi connectivity index (χ0) is 42.8. The van der Waals surface area contributed by atoms with Crippen LogP contribution in [0.1, 0.15) is 87.1 Å². The van der Waals surface area contributed by atoms with Crippen molar-refractivity contribution in [2.45, 2.75) is 148 Å². The van der Waals surface area contributed by atoms with Gasteiger partial charge in [-0.3, -0.25) is 14.4 Å². The summed E-state index contributed by atoms with van der Waals surface area (Å²) in [6.45, 7) is 16.7. The van der Waals surface area contributed by atoms with E-state index in [0.717, 1.165) is 11.3 Å². The third-order valence-electron chi connectivity index (χ3n) is 12.7. The van der Waals surface area contributed by atoms with Gasteiger partial charge >= 0.3 is 11.9 Å². The van der Waals surface area contributed by atoms with E-state index in [1.807, 2.05) is 84.8 Å². The minimum atomic E-state index is -1.33. The highest BCUT2D eigenvalue weighted by molar-refractivity contribution is 5.92. The van der Waals surface area contributed by atoms with Gasteiger partial charge in [0, 0.05) is 18.8 Å². The van der Waals surface area contributed by atoms with Crippen LogP contribution >= 0.6 is 0 Å². The van der Waals surface area contributed by atoms with Crippen LogP contribution in [0, 0.1) is 23.7 Å². The highest BCUT2D eigenvalue weighted by atomic mass is 16.7. The summed E-state index contributed by atoms with van der Waals surface area (Å²) in [7, 11) is 3.87. The Labute approximate surface area is 347 Å². The molecule has 4 aliphatic heterocycles. The van der Waals surface area contributed by atoms with Gasteiger partial charge in [-0.2, -0.15) is 5.10 Å². The molecule has 4 saturated heterocycles. The molecular weight excluding hydrogens is 762 g/mol. The fourth-order valence-corrected chi connectivity index (χ4v) is 9.54. The number of rotatable bonds is 9. The molecule has 0 amide bonds. The quantitative estimate of drug-likeness (QED) is 0.252. The lowest BCUT2D eigenvalue weighted by Crippen LogP contribution is -2.60. The SMILES string of the molecule is CC[C@H]1OC(=O)[C@H](C)[C@H]2OC/C(=N\OCc3ccc(-n4cncn4)cc3)CO[C@](C)(C[C@@H](C)C3OC1(C)C(=O)C3C)[C@H](O[C@@H]1O[C@H](C)C[C@H](N(C)C)[C@H]1OC(C)=O)[C@@H]2C. The molecule has 4 aliphatic rings. The second-order valence-electron chi connectivity index (χ2n) is 17.5. The van der Waals surface area contributed by atoms with Crippen molar-refractivity contribution in [3.05, 3.63) is 42.5 Å². The molecule has 0 aliphatic carbocycles. The van der Waals surface area contributed by atoms with Gasteiger partial charge in [0.2, 0.25) is 0 Å². The number of oxime groups is 1. The molecule has 0 saturated carbocycles. The van der Waals surface area contributed by atoms with Gasteiger partial charge in [0.05, 0.1) is 60.9 Å². The van der Waals surface area contributed by atoms with Gasteiger partial charge < -0.3 is 42.9 Å².